The van der Waals surface area contributed by atoms with E-state index in [9.17, 15) is 9.90 Å². The summed E-state index contributed by atoms with van der Waals surface area (Å²) in [5.74, 6) is -0.146. The van der Waals surface area contributed by atoms with E-state index in [0.29, 0.717) is 13.0 Å². The van der Waals surface area contributed by atoms with Crippen LogP contribution in [0.1, 0.15) is 28.7 Å². The minimum Gasteiger partial charge on any atom is -0.478 e. The van der Waals surface area contributed by atoms with Crippen LogP contribution in [-0.4, -0.2) is 31.8 Å². The van der Waals surface area contributed by atoms with Crippen LogP contribution in [0.4, 0.5) is 0 Å². The van der Waals surface area contributed by atoms with Gasteiger partial charge in [0.1, 0.15) is 5.82 Å². The highest BCUT2D eigenvalue weighted by Crippen LogP contribution is 2.10. The Morgan fingerprint density at radius 2 is 2.26 bits per heavy atom. The van der Waals surface area contributed by atoms with E-state index in [0.717, 1.165) is 11.4 Å². The SMILES string of the molecule is CC(O)Cc1nccn1Cc1cccc(C(=O)O)c1. The molecule has 0 spiro atoms. The Morgan fingerprint density at radius 3 is 2.95 bits per heavy atom. The number of nitrogens with zero attached hydrogens (tertiary/aromatic N) is 2. The number of hydrogen-bond acceptors (Lipinski definition) is 3. The van der Waals surface area contributed by atoms with Gasteiger partial charge in [0, 0.05) is 25.4 Å². The van der Waals surface area contributed by atoms with Crippen molar-refractivity contribution in [2.75, 3.05) is 0 Å². The molecule has 1 aromatic carbocycles. The first-order valence-corrected chi connectivity index (χ1v) is 6.06. The molecule has 2 N–H and O–H groups in total. The highest BCUT2D eigenvalue weighted by atomic mass is 16.4. The van der Waals surface area contributed by atoms with Crippen LogP contribution in [0.2, 0.25) is 0 Å². The van der Waals surface area contributed by atoms with E-state index in [1.807, 2.05) is 16.8 Å². The van der Waals surface area contributed by atoms with Crippen molar-refractivity contribution < 1.29 is 15.0 Å². The lowest BCUT2D eigenvalue weighted by Gasteiger charge is -2.09. The molecular weight excluding hydrogens is 244 g/mol. The summed E-state index contributed by atoms with van der Waals surface area (Å²) in [4.78, 5) is 15.1. The van der Waals surface area contributed by atoms with Gasteiger partial charge in [-0.15, -0.1) is 0 Å². The molecule has 2 aromatic rings. The van der Waals surface area contributed by atoms with Crippen LogP contribution in [-0.2, 0) is 13.0 Å². The Balaban J connectivity index is 2.19. The third-order valence-corrected chi connectivity index (χ3v) is 2.81. The van der Waals surface area contributed by atoms with E-state index < -0.39 is 12.1 Å². The molecule has 0 aliphatic heterocycles. The Hall–Kier alpha value is -2.14. The number of imidazole rings is 1. The van der Waals surface area contributed by atoms with Crippen LogP contribution in [0, 0.1) is 0 Å². The molecule has 1 atom stereocenters. The van der Waals surface area contributed by atoms with E-state index in [2.05, 4.69) is 4.98 Å². The lowest BCUT2D eigenvalue weighted by Crippen LogP contribution is -2.12. The van der Waals surface area contributed by atoms with Crippen molar-refractivity contribution in [2.45, 2.75) is 26.0 Å². The molecule has 5 heteroatoms. The van der Waals surface area contributed by atoms with Gasteiger partial charge < -0.3 is 14.8 Å². The molecule has 1 heterocycles. The second kappa shape index (κ2) is 5.67. The molecule has 0 aliphatic carbocycles. The first kappa shape index (κ1) is 13.3. The summed E-state index contributed by atoms with van der Waals surface area (Å²) in [5.41, 5.74) is 1.17. The molecule has 5 nitrogen and oxygen atoms in total. The van der Waals surface area contributed by atoms with Gasteiger partial charge in [-0.2, -0.15) is 0 Å². The molecule has 19 heavy (non-hydrogen) atoms. The summed E-state index contributed by atoms with van der Waals surface area (Å²) >= 11 is 0. The van der Waals surface area contributed by atoms with Crippen molar-refractivity contribution in [3.05, 3.63) is 53.6 Å². The molecule has 2 rings (SSSR count). The third-order valence-electron chi connectivity index (χ3n) is 2.81. The van der Waals surface area contributed by atoms with Crippen molar-refractivity contribution >= 4 is 5.97 Å². The van der Waals surface area contributed by atoms with Gasteiger partial charge in [0.25, 0.3) is 0 Å². The zero-order valence-electron chi connectivity index (χ0n) is 10.7. The van der Waals surface area contributed by atoms with Gasteiger partial charge >= 0.3 is 5.97 Å². The summed E-state index contributed by atoms with van der Waals surface area (Å²) in [6.07, 6.45) is 3.53. The highest BCUT2D eigenvalue weighted by Gasteiger charge is 2.08. The summed E-state index contributed by atoms with van der Waals surface area (Å²) in [7, 11) is 0. The third kappa shape index (κ3) is 3.42. The zero-order chi connectivity index (χ0) is 13.8. The monoisotopic (exact) mass is 260 g/mol. The van der Waals surface area contributed by atoms with E-state index in [-0.39, 0.29) is 5.56 Å². The van der Waals surface area contributed by atoms with Crippen molar-refractivity contribution in [2.24, 2.45) is 0 Å². The van der Waals surface area contributed by atoms with Crippen molar-refractivity contribution in [1.29, 1.82) is 0 Å². The number of aliphatic hydroxyl groups excluding tert-OH is 1. The molecule has 0 radical (unpaired) electrons. The summed E-state index contributed by atoms with van der Waals surface area (Å²) in [6.45, 7) is 2.26. The standard InChI is InChI=1S/C14H16N2O3/c1-10(17)7-13-15-5-6-16(13)9-11-3-2-4-12(8-11)14(18)19/h2-6,8,10,17H,7,9H2,1H3,(H,18,19). The quantitative estimate of drug-likeness (QED) is 0.855. The number of benzene rings is 1. The molecule has 1 unspecified atom stereocenters. The molecular formula is C14H16N2O3. The van der Waals surface area contributed by atoms with Gasteiger partial charge in [-0.1, -0.05) is 12.1 Å². The summed E-state index contributed by atoms with van der Waals surface area (Å²) < 4.78 is 1.91. The van der Waals surface area contributed by atoms with E-state index in [4.69, 9.17) is 5.11 Å². The summed E-state index contributed by atoms with van der Waals surface area (Å²) in [5, 5.41) is 18.4. The fourth-order valence-corrected chi connectivity index (χ4v) is 1.94. The van der Waals surface area contributed by atoms with Crippen LogP contribution in [0.15, 0.2) is 36.7 Å². The van der Waals surface area contributed by atoms with Gasteiger partial charge in [-0.25, -0.2) is 9.78 Å². The average molecular weight is 260 g/mol. The Labute approximate surface area is 111 Å². The highest BCUT2D eigenvalue weighted by molar-refractivity contribution is 5.87. The van der Waals surface area contributed by atoms with Crippen LogP contribution in [0.3, 0.4) is 0 Å². The first-order valence-electron chi connectivity index (χ1n) is 6.06. The van der Waals surface area contributed by atoms with E-state index in [1.54, 1.807) is 31.3 Å². The number of aliphatic hydroxyl groups is 1. The molecule has 0 saturated heterocycles. The average Bonchev–Trinajstić information content (AvgIpc) is 2.76. The maximum absolute atomic E-state index is 10.9. The molecule has 100 valence electrons. The van der Waals surface area contributed by atoms with Crippen molar-refractivity contribution in [3.63, 3.8) is 0 Å². The van der Waals surface area contributed by atoms with Gasteiger partial charge in [-0.3, -0.25) is 0 Å². The van der Waals surface area contributed by atoms with Crippen LogP contribution in [0.5, 0.6) is 0 Å². The van der Waals surface area contributed by atoms with Crippen molar-refractivity contribution in [3.8, 4) is 0 Å². The number of hydrogen-bond donors (Lipinski definition) is 2. The predicted molar refractivity (Wildman–Crippen MR) is 70.1 cm³/mol. The Kier molecular flexibility index (Phi) is 3.97. The number of aromatic carboxylic acids is 1. The minimum absolute atomic E-state index is 0.273. The van der Waals surface area contributed by atoms with Gasteiger partial charge in [-0.05, 0) is 24.6 Å². The van der Waals surface area contributed by atoms with Crippen LogP contribution >= 0.6 is 0 Å². The normalized spacial score (nSPS) is 12.3. The molecule has 0 aliphatic rings. The largest absolute Gasteiger partial charge is 0.478 e. The maximum atomic E-state index is 10.9. The van der Waals surface area contributed by atoms with E-state index >= 15 is 0 Å². The number of rotatable bonds is 5. The molecule has 0 bridgehead atoms. The Bertz CT molecular complexity index is 576. The zero-order valence-corrected chi connectivity index (χ0v) is 10.7. The summed E-state index contributed by atoms with van der Waals surface area (Å²) in [6, 6.07) is 6.81. The van der Waals surface area contributed by atoms with Gasteiger partial charge in [0.05, 0.1) is 11.7 Å². The predicted octanol–water partition coefficient (Wildman–Crippen LogP) is 1.55. The van der Waals surface area contributed by atoms with E-state index in [1.165, 1.54) is 0 Å². The number of carboxylic acids is 1. The van der Waals surface area contributed by atoms with Crippen molar-refractivity contribution in [1.82, 2.24) is 9.55 Å². The van der Waals surface area contributed by atoms with Crippen LogP contribution in [0.25, 0.3) is 0 Å². The molecule has 0 amide bonds. The number of carbonyl (C=O) groups is 1. The maximum Gasteiger partial charge on any atom is 0.335 e. The molecule has 0 saturated carbocycles. The minimum atomic E-state index is -0.934. The lowest BCUT2D eigenvalue weighted by molar-refractivity contribution is 0.0696. The molecule has 0 fully saturated rings. The van der Waals surface area contributed by atoms with Crippen LogP contribution < -0.4 is 0 Å². The lowest BCUT2D eigenvalue weighted by atomic mass is 10.1. The second-order valence-electron chi connectivity index (χ2n) is 4.53. The number of carboxylic acid groups (broad SMARTS) is 1. The first-order chi connectivity index (χ1) is 9.06. The van der Waals surface area contributed by atoms with Gasteiger partial charge in [0.15, 0.2) is 0 Å². The fraction of sp³-hybridized carbons (Fsp3) is 0.286. The van der Waals surface area contributed by atoms with Gasteiger partial charge in [0.2, 0.25) is 0 Å². The molecule has 1 aromatic heterocycles. The second-order valence-corrected chi connectivity index (χ2v) is 4.53. The number of aromatic nitrogens is 2. The fourth-order valence-electron chi connectivity index (χ4n) is 1.94. The Morgan fingerprint density at radius 1 is 1.47 bits per heavy atom. The topological polar surface area (TPSA) is 75.4 Å². The smallest absolute Gasteiger partial charge is 0.335 e.